The van der Waals surface area contributed by atoms with Crippen LogP contribution in [-0.2, 0) is 0 Å². The van der Waals surface area contributed by atoms with E-state index in [2.05, 4.69) is 6.92 Å². The highest BCUT2D eigenvalue weighted by Gasteiger charge is 2.42. The van der Waals surface area contributed by atoms with Crippen LogP contribution in [0.3, 0.4) is 0 Å². The van der Waals surface area contributed by atoms with Crippen LogP contribution in [0.1, 0.15) is 52.4 Å². The zero-order valence-electron chi connectivity index (χ0n) is 9.03. The monoisotopic (exact) mass is 206 g/mol. The lowest BCUT2D eigenvalue weighted by Crippen LogP contribution is -2.52. The maximum Gasteiger partial charge on any atom is 0.218 e. The standard InChI is InChI=1S/C10H22O4/c1-3-4-5-6-7-8-10(13,14)9(2,11)12/h11-14H,3-8H2,1-2H3. The van der Waals surface area contributed by atoms with E-state index < -0.39 is 11.6 Å². The van der Waals surface area contributed by atoms with Crippen LogP contribution >= 0.6 is 0 Å². The van der Waals surface area contributed by atoms with Crippen molar-refractivity contribution in [3.8, 4) is 0 Å². The second-order valence-electron chi connectivity index (χ2n) is 4.00. The molecule has 0 bridgehead atoms. The zero-order chi connectivity index (χ0) is 11.2. The van der Waals surface area contributed by atoms with Crippen LogP contribution < -0.4 is 0 Å². The minimum absolute atomic E-state index is 0.0137. The van der Waals surface area contributed by atoms with E-state index in [0.717, 1.165) is 32.6 Å². The summed E-state index contributed by atoms with van der Waals surface area (Å²) in [4.78, 5) is 0. The van der Waals surface area contributed by atoms with Gasteiger partial charge in [0.2, 0.25) is 11.6 Å². The van der Waals surface area contributed by atoms with E-state index in [9.17, 15) is 10.2 Å². The van der Waals surface area contributed by atoms with Crippen molar-refractivity contribution < 1.29 is 20.4 Å². The quantitative estimate of drug-likeness (QED) is 0.365. The van der Waals surface area contributed by atoms with Crippen LogP contribution in [0.25, 0.3) is 0 Å². The third kappa shape index (κ3) is 4.91. The van der Waals surface area contributed by atoms with E-state index in [1.807, 2.05) is 0 Å². The number of hydrogen-bond donors (Lipinski definition) is 4. The van der Waals surface area contributed by atoms with Crippen molar-refractivity contribution in [2.45, 2.75) is 63.9 Å². The first-order valence-electron chi connectivity index (χ1n) is 5.21. The Kier molecular flexibility index (Phi) is 5.59. The summed E-state index contributed by atoms with van der Waals surface area (Å²) in [6.45, 7) is 3.07. The fourth-order valence-electron chi connectivity index (χ4n) is 1.21. The summed E-state index contributed by atoms with van der Waals surface area (Å²) in [6, 6.07) is 0. The number of unbranched alkanes of at least 4 members (excludes halogenated alkanes) is 4. The Hall–Kier alpha value is -0.160. The Bertz CT molecular complexity index is 149. The van der Waals surface area contributed by atoms with Gasteiger partial charge in [0.15, 0.2) is 0 Å². The molecule has 0 aliphatic carbocycles. The van der Waals surface area contributed by atoms with Gasteiger partial charge in [-0.15, -0.1) is 0 Å². The van der Waals surface area contributed by atoms with Crippen LogP contribution in [0, 0.1) is 0 Å². The molecule has 0 amide bonds. The van der Waals surface area contributed by atoms with Crippen molar-refractivity contribution in [1.29, 1.82) is 0 Å². The average Bonchev–Trinajstić information content (AvgIpc) is 2.02. The van der Waals surface area contributed by atoms with Gasteiger partial charge in [0.05, 0.1) is 0 Å². The molecule has 0 heterocycles. The summed E-state index contributed by atoms with van der Waals surface area (Å²) in [6.07, 6.45) is 4.75. The summed E-state index contributed by atoms with van der Waals surface area (Å²) >= 11 is 0. The molecule has 4 N–H and O–H groups in total. The predicted octanol–water partition coefficient (Wildman–Crippen LogP) is 0.729. The SMILES string of the molecule is CCCCCCCC(O)(O)C(C)(O)O. The lowest BCUT2D eigenvalue weighted by Gasteiger charge is -2.31. The van der Waals surface area contributed by atoms with Crippen LogP contribution in [-0.4, -0.2) is 32.0 Å². The lowest BCUT2D eigenvalue weighted by atomic mass is 10.00. The van der Waals surface area contributed by atoms with E-state index in [4.69, 9.17) is 10.2 Å². The third-order valence-electron chi connectivity index (χ3n) is 2.39. The molecule has 0 rings (SSSR count). The molecular weight excluding hydrogens is 184 g/mol. The average molecular weight is 206 g/mol. The summed E-state index contributed by atoms with van der Waals surface area (Å²) in [5.74, 6) is -4.85. The number of aliphatic hydroxyl groups is 4. The van der Waals surface area contributed by atoms with Crippen LogP contribution in [0.15, 0.2) is 0 Å². The molecule has 0 spiro atoms. The van der Waals surface area contributed by atoms with Crippen molar-refractivity contribution in [2.75, 3.05) is 0 Å². The van der Waals surface area contributed by atoms with E-state index in [-0.39, 0.29) is 6.42 Å². The van der Waals surface area contributed by atoms with Gasteiger partial charge in [-0.2, -0.15) is 0 Å². The maximum atomic E-state index is 9.26. The molecule has 0 aromatic carbocycles. The third-order valence-corrected chi connectivity index (χ3v) is 2.39. The second-order valence-corrected chi connectivity index (χ2v) is 4.00. The van der Waals surface area contributed by atoms with Gasteiger partial charge in [0, 0.05) is 6.42 Å². The molecule has 0 fully saturated rings. The Morgan fingerprint density at radius 2 is 1.36 bits per heavy atom. The maximum absolute atomic E-state index is 9.26. The van der Waals surface area contributed by atoms with Gasteiger partial charge in [0.1, 0.15) is 0 Å². The first-order valence-corrected chi connectivity index (χ1v) is 5.21. The van der Waals surface area contributed by atoms with Crippen molar-refractivity contribution >= 4 is 0 Å². The van der Waals surface area contributed by atoms with Crippen molar-refractivity contribution in [3.05, 3.63) is 0 Å². The van der Waals surface area contributed by atoms with E-state index in [1.54, 1.807) is 0 Å². The Balaban J connectivity index is 3.67. The van der Waals surface area contributed by atoms with Gasteiger partial charge >= 0.3 is 0 Å². The van der Waals surface area contributed by atoms with Gasteiger partial charge in [-0.1, -0.05) is 32.6 Å². The molecule has 0 aliphatic heterocycles. The van der Waals surface area contributed by atoms with Crippen molar-refractivity contribution in [3.63, 3.8) is 0 Å². The summed E-state index contributed by atoms with van der Waals surface area (Å²) in [5, 5.41) is 36.5. The number of hydrogen-bond acceptors (Lipinski definition) is 4. The molecule has 0 atom stereocenters. The molecule has 0 aromatic heterocycles. The molecule has 0 radical (unpaired) electrons. The van der Waals surface area contributed by atoms with Crippen LogP contribution in [0.4, 0.5) is 0 Å². The minimum atomic E-state index is -2.45. The largest absolute Gasteiger partial charge is 0.362 e. The molecule has 0 saturated carbocycles. The second kappa shape index (κ2) is 5.66. The predicted molar refractivity (Wildman–Crippen MR) is 53.4 cm³/mol. The fourth-order valence-corrected chi connectivity index (χ4v) is 1.21. The Labute approximate surface area is 85.2 Å². The van der Waals surface area contributed by atoms with Crippen molar-refractivity contribution in [1.82, 2.24) is 0 Å². The molecule has 0 aliphatic rings. The van der Waals surface area contributed by atoms with E-state index >= 15 is 0 Å². The normalized spacial score (nSPS) is 13.3. The minimum Gasteiger partial charge on any atom is -0.362 e. The summed E-state index contributed by atoms with van der Waals surface area (Å²) in [7, 11) is 0. The fraction of sp³-hybridized carbons (Fsp3) is 1.00. The molecular formula is C10H22O4. The topological polar surface area (TPSA) is 80.9 Å². The Morgan fingerprint density at radius 3 is 1.79 bits per heavy atom. The first kappa shape index (κ1) is 13.8. The molecule has 0 aromatic rings. The molecule has 0 unspecified atom stereocenters. The lowest BCUT2D eigenvalue weighted by molar-refractivity contribution is -0.350. The highest BCUT2D eigenvalue weighted by atomic mass is 16.6. The smallest absolute Gasteiger partial charge is 0.218 e. The van der Waals surface area contributed by atoms with Gasteiger partial charge in [-0.25, -0.2) is 0 Å². The zero-order valence-corrected chi connectivity index (χ0v) is 9.03. The van der Waals surface area contributed by atoms with Crippen LogP contribution in [0.5, 0.6) is 0 Å². The van der Waals surface area contributed by atoms with Gasteiger partial charge < -0.3 is 20.4 Å². The van der Waals surface area contributed by atoms with E-state index in [1.165, 1.54) is 0 Å². The van der Waals surface area contributed by atoms with Crippen LogP contribution in [0.2, 0.25) is 0 Å². The summed E-state index contributed by atoms with van der Waals surface area (Å²) < 4.78 is 0. The molecule has 4 heteroatoms. The number of rotatable bonds is 7. The van der Waals surface area contributed by atoms with Gasteiger partial charge in [-0.3, -0.25) is 0 Å². The molecule has 86 valence electrons. The highest BCUT2D eigenvalue weighted by Crippen LogP contribution is 2.23. The molecule has 4 nitrogen and oxygen atoms in total. The molecule has 14 heavy (non-hydrogen) atoms. The van der Waals surface area contributed by atoms with Gasteiger partial charge in [0.25, 0.3) is 0 Å². The van der Waals surface area contributed by atoms with Gasteiger partial charge in [-0.05, 0) is 13.3 Å². The first-order chi connectivity index (χ1) is 6.31. The highest BCUT2D eigenvalue weighted by molar-refractivity contribution is 4.77. The molecule has 0 saturated heterocycles. The van der Waals surface area contributed by atoms with E-state index in [0.29, 0.717) is 6.42 Å². The Morgan fingerprint density at radius 1 is 0.857 bits per heavy atom. The summed E-state index contributed by atoms with van der Waals surface area (Å²) in [5.41, 5.74) is 0. The van der Waals surface area contributed by atoms with Crippen molar-refractivity contribution in [2.24, 2.45) is 0 Å².